The van der Waals surface area contributed by atoms with Gasteiger partial charge >= 0.3 is 0 Å². The standard InChI is InChI=1S/C18H25N3O4/c1-12-6-7-15(13(2)9-12)25-11-16(22)20-10-17(23)21-8-4-5-14(21)18(24)19-3/h6-7,9,14H,4-5,8,10-11H2,1-3H3,(H,19,24)(H,20,22). The lowest BCUT2D eigenvalue weighted by Crippen LogP contribution is -2.48. The van der Waals surface area contributed by atoms with E-state index in [4.69, 9.17) is 4.74 Å². The van der Waals surface area contributed by atoms with Crippen LogP contribution in [0.2, 0.25) is 0 Å². The number of aryl methyl sites for hydroxylation is 2. The number of nitrogens with zero attached hydrogens (tertiary/aromatic N) is 1. The van der Waals surface area contributed by atoms with Crippen LogP contribution in [0.1, 0.15) is 24.0 Å². The van der Waals surface area contributed by atoms with Crippen LogP contribution < -0.4 is 15.4 Å². The molecule has 0 bridgehead atoms. The first-order chi connectivity index (χ1) is 11.9. The SMILES string of the molecule is CNC(=O)C1CCCN1C(=O)CNC(=O)COc1ccc(C)cc1C. The molecule has 25 heavy (non-hydrogen) atoms. The van der Waals surface area contributed by atoms with Crippen LogP contribution in [0.25, 0.3) is 0 Å². The Kier molecular flexibility index (Phi) is 6.38. The van der Waals surface area contributed by atoms with E-state index in [0.717, 1.165) is 17.5 Å². The van der Waals surface area contributed by atoms with E-state index in [1.807, 2.05) is 32.0 Å². The lowest BCUT2D eigenvalue weighted by molar-refractivity contribution is -0.138. The lowest BCUT2D eigenvalue weighted by atomic mass is 10.1. The van der Waals surface area contributed by atoms with Crippen molar-refractivity contribution < 1.29 is 19.1 Å². The molecule has 0 aromatic heterocycles. The third-order valence-electron chi connectivity index (χ3n) is 4.25. The van der Waals surface area contributed by atoms with Gasteiger partial charge in [-0.1, -0.05) is 17.7 Å². The van der Waals surface area contributed by atoms with Crippen LogP contribution in [0.3, 0.4) is 0 Å². The number of amides is 3. The normalized spacial score (nSPS) is 16.4. The van der Waals surface area contributed by atoms with Crippen LogP contribution in [0.5, 0.6) is 5.75 Å². The van der Waals surface area contributed by atoms with Crippen molar-refractivity contribution in [2.75, 3.05) is 26.7 Å². The molecule has 1 fully saturated rings. The van der Waals surface area contributed by atoms with E-state index in [2.05, 4.69) is 10.6 Å². The highest BCUT2D eigenvalue weighted by atomic mass is 16.5. The van der Waals surface area contributed by atoms with E-state index in [-0.39, 0.29) is 30.9 Å². The monoisotopic (exact) mass is 347 g/mol. The zero-order chi connectivity index (χ0) is 18.4. The van der Waals surface area contributed by atoms with Gasteiger partial charge in [-0.05, 0) is 38.3 Å². The Morgan fingerprint density at radius 2 is 2.04 bits per heavy atom. The zero-order valence-corrected chi connectivity index (χ0v) is 14.9. The third kappa shape index (κ3) is 4.95. The van der Waals surface area contributed by atoms with Gasteiger partial charge in [-0.15, -0.1) is 0 Å². The Balaban J connectivity index is 1.79. The molecule has 7 nitrogen and oxygen atoms in total. The van der Waals surface area contributed by atoms with Crippen LogP contribution in [0, 0.1) is 13.8 Å². The first-order valence-corrected chi connectivity index (χ1v) is 8.40. The smallest absolute Gasteiger partial charge is 0.258 e. The van der Waals surface area contributed by atoms with E-state index < -0.39 is 6.04 Å². The van der Waals surface area contributed by atoms with Crippen LogP contribution >= 0.6 is 0 Å². The summed E-state index contributed by atoms with van der Waals surface area (Å²) in [6, 6.07) is 5.27. The van der Waals surface area contributed by atoms with Gasteiger partial charge in [0.1, 0.15) is 11.8 Å². The number of ether oxygens (including phenoxy) is 1. The Labute approximate surface area is 147 Å². The molecular weight excluding hydrogens is 322 g/mol. The van der Waals surface area contributed by atoms with Gasteiger partial charge in [-0.3, -0.25) is 14.4 Å². The quantitative estimate of drug-likeness (QED) is 0.786. The minimum atomic E-state index is -0.444. The summed E-state index contributed by atoms with van der Waals surface area (Å²) in [6.07, 6.45) is 1.43. The minimum absolute atomic E-state index is 0.136. The third-order valence-corrected chi connectivity index (χ3v) is 4.25. The van der Waals surface area contributed by atoms with E-state index >= 15 is 0 Å². The second-order valence-corrected chi connectivity index (χ2v) is 6.19. The summed E-state index contributed by atoms with van der Waals surface area (Å²) in [5, 5.41) is 5.12. The van der Waals surface area contributed by atoms with Gasteiger partial charge in [-0.25, -0.2) is 0 Å². The Bertz CT molecular complexity index is 660. The fraction of sp³-hybridized carbons (Fsp3) is 0.500. The predicted molar refractivity (Wildman–Crippen MR) is 93.2 cm³/mol. The van der Waals surface area contributed by atoms with E-state index in [1.165, 1.54) is 4.90 Å². The highest BCUT2D eigenvalue weighted by molar-refractivity contribution is 5.90. The average molecular weight is 347 g/mol. The van der Waals surface area contributed by atoms with Crippen molar-refractivity contribution >= 4 is 17.7 Å². The topological polar surface area (TPSA) is 87.7 Å². The van der Waals surface area contributed by atoms with Crippen molar-refractivity contribution in [1.29, 1.82) is 0 Å². The summed E-state index contributed by atoms with van der Waals surface area (Å²) >= 11 is 0. The Morgan fingerprint density at radius 3 is 2.72 bits per heavy atom. The molecule has 136 valence electrons. The maximum absolute atomic E-state index is 12.2. The summed E-state index contributed by atoms with van der Waals surface area (Å²) in [5.74, 6) is -0.156. The van der Waals surface area contributed by atoms with Crippen molar-refractivity contribution in [2.24, 2.45) is 0 Å². The molecule has 1 unspecified atom stereocenters. The van der Waals surface area contributed by atoms with E-state index in [9.17, 15) is 14.4 Å². The van der Waals surface area contributed by atoms with E-state index in [0.29, 0.717) is 18.7 Å². The number of rotatable bonds is 6. The summed E-state index contributed by atoms with van der Waals surface area (Å²) in [7, 11) is 1.55. The van der Waals surface area contributed by atoms with Crippen LogP contribution in [0.4, 0.5) is 0 Å². The largest absolute Gasteiger partial charge is 0.484 e. The number of hydrogen-bond acceptors (Lipinski definition) is 4. The van der Waals surface area contributed by atoms with Gasteiger partial charge in [0.15, 0.2) is 6.61 Å². The van der Waals surface area contributed by atoms with Crippen LogP contribution in [-0.4, -0.2) is 55.4 Å². The molecular formula is C18H25N3O4. The van der Waals surface area contributed by atoms with Gasteiger partial charge in [0.25, 0.3) is 5.91 Å². The molecule has 1 aliphatic rings. The first-order valence-electron chi connectivity index (χ1n) is 8.40. The molecule has 3 amide bonds. The number of nitrogens with one attached hydrogen (secondary N) is 2. The van der Waals surface area contributed by atoms with Gasteiger partial charge in [0.2, 0.25) is 11.8 Å². The molecule has 0 radical (unpaired) electrons. The Hall–Kier alpha value is -2.57. The summed E-state index contributed by atoms with van der Waals surface area (Å²) in [5.41, 5.74) is 2.07. The number of likely N-dealkylation sites (tertiary alicyclic amines) is 1. The highest BCUT2D eigenvalue weighted by Gasteiger charge is 2.33. The first kappa shape index (κ1) is 18.8. The van der Waals surface area contributed by atoms with Gasteiger partial charge in [-0.2, -0.15) is 0 Å². The predicted octanol–water partition coefficient (Wildman–Crippen LogP) is 0.535. The molecule has 7 heteroatoms. The zero-order valence-electron chi connectivity index (χ0n) is 14.9. The summed E-state index contributed by atoms with van der Waals surface area (Å²) in [4.78, 5) is 37.4. The van der Waals surface area contributed by atoms with Crippen LogP contribution in [-0.2, 0) is 14.4 Å². The maximum Gasteiger partial charge on any atom is 0.258 e. The fourth-order valence-corrected chi connectivity index (χ4v) is 2.94. The fourth-order valence-electron chi connectivity index (χ4n) is 2.94. The molecule has 0 saturated carbocycles. The Morgan fingerprint density at radius 1 is 1.28 bits per heavy atom. The number of carbonyl (C=O) groups excluding carboxylic acids is 3. The lowest BCUT2D eigenvalue weighted by Gasteiger charge is -2.23. The number of hydrogen-bond donors (Lipinski definition) is 2. The second kappa shape index (κ2) is 8.50. The van der Waals surface area contributed by atoms with Crippen molar-refractivity contribution in [1.82, 2.24) is 15.5 Å². The van der Waals surface area contributed by atoms with E-state index in [1.54, 1.807) is 7.05 Å². The second-order valence-electron chi connectivity index (χ2n) is 6.19. The molecule has 1 heterocycles. The van der Waals surface area contributed by atoms with Gasteiger partial charge in [0, 0.05) is 13.6 Å². The summed E-state index contributed by atoms with van der Waals surface area (Å²) in [6.45, 7) is 4.14. The average Bonchev–Trinajstić information content (AvgIpc) is 3.08. The highest BCUT2D eigenvalue weighted by Crippen LogP contribution is 2.19. The van der Waals surface area contributed by atoms with Crippen molar-refractivity contribution in [3.05, 3.63) is 29.3 Å². The van der Waals surface area contributed by atoms with Gasteiger partial charge in [0.05, 0.1) is 6.54 Å². The van der Waals surface area contributed by atoms with Crippen molar-refractivity contribution in [2.45, 2.75) is 32.7 Å². The summed E-state index contributed by atoms with van der Waals surface area (Å²) < 4.78 is 5.49. The van der Waals surface area contributed by atoms with Gasteiger partial charge < -0.3 is 20.3 Å². The molecule has 1 atom stereocenters. The van der Waals surface area contributed by atoms with Crippen LogP contribution in [0.15, 0.2) is 18.2 Å². The maximum atomic E-state index is 12.2. The number of likely N-dealkylation sites (N-methyl/N-ethyl adjacent to an activating group) is 1. The molecule has 1 aromatic carbocycles. The molecule has 2 N–H and O–H groups in total. The molecule has 0 aliphatic carbocycles. The molecule has 0 spiro atoms. The minimum Gasteiger partial charge on any atom is -0.484 e. The van der Waals surface area contributed by atoms with Crippen molar-refractivity contribution in [3.8, 4) is 5.75 Å². The molecule has 2 rings (SSSR count). The van der Waals surface area contributed by atoms with Crippen molar-refractivity contribution in [3.63, 3.8) is 0 Å². The molecule has 1 aliphatic heterocycles. The molecule has 1 aromatic rings. The number of carbonyl (C=O) groups is 3. The number of benzene rings is 1. The molecule has 1 saturated heterocycles.